The molecule has 19 heavy (non-hydrogen) atoms. The second kappa shape index (κ2) is 4.74. The summed E-state index contributed by atoms with van der Waals surface area (Å²) in [5.74, 6) is 0.615. The lowest BCUT2D eigenvalue weighted by atomic mass is 9.75. The van der Waals surface area contributed by atoms with Crippen molar-refractivity contribution in [3.8, 4) is 0 Å². The van der Waals surface area contributed by atoms with Gasteiger partial charge in [-0.3, -0.25) is 4.79 Å². The van der Waals surface area contributed by atoms with Crippen molar-refractivity contribution < 1.29 is 4.79 Å². The summed E-state index contributed by atoms with van der Waals surface area (Å²) in [5, 5.41) is 6.63. The smallest absolute Gasteiger partial charge is 0.223 e. The fraction of sp³-hybridized carbons (Fsp3) is 0.933. The van der Waals surface area contributed by atoms with E-state index in [-0.39, 0.29) is 5.54 Å². The highest BCUT2D eigenvalue weighted by molar-refractivity contribution is 5.82. The van der Waals surface area contributed by atoms with Crippen molar-refractivity contribution >= 4 is 5.91 Å². The number of hydrogen-bond donors (Lipinski definition) is 2. The molecule has 2 aliphatic carbocycles. The first kappa shape index (κ1) is 13.4. The van der Waals surface area contributed by atoms with Crippen molar-refractivity contribution in [2.24, 2.45) is 11.3 Å². The van der Waals surface area contributed by atoms with Crippen LogP contribution in [0.2, 0.25) is 0 Å². The van der Waals surface area contributed by atoms with Crippen LogP contribution in [0, 0.1) is 11.3 Å². The van der Waals surface area contributed by atoms with Crippen LogP contribution in [-0.4, -0.2) is 50.1 Å². The molecule has 1 aliphatic heterocycles. The van der Waals surface area contributed by atoms with Crippen LogP contribution in [-0.2, 0) is 4.79 Å². The molecule has 2 saturated carbocycles. The summed E-state index contributed by atoms with van der Waals surface area (Å²) < 4.78 is 0. The van der Waals surface area contributed by atoms with Gasteiger partial charge in [0.2, 0.25) is 5.91 Å². The Morgan fingerprint density at radius 1 is 1.26 bits per heavy atom. The van der Waals surface area contributed by atoms with E-state index in [9.17, 15) is 4.79 Å². The average molecular weight is 265 g/mol. The average Bonchev–Trinajstić information content (AvgIpc) is 3.02. The second-order valence-corrected chi connectivity index (χ2v) is 7.06. The topological polar surface area (TPSA) is 44.4 Å². The molecule has 0 aromatic heterocycles. The number of nitrogens with one attached hydrogen (secondary N) is 2. The van der Waals surface area contributed by atoms with E-state index < -0.39 is 0 Å². The minimum atomic E-state index is 0.242. The van der Waals surface area contributed by atoms with E-state index in [4.69, 9.17) is 0 Å². The Hall–Kier alpha value is -0.610. The van der Waals surface area contributed by atoms with Crippen molar-refractivity contribution in [3.05, 3.63) is 0 Å². The van der Waals surface area contributed by atoms with E-state index in [0.717, 1.165) is 26.1 Å². The number of carbonyl (C=O) groups is 1. The summed E-state index contributed by atoms with van der Waals surface area (Å²) in [4.78, 5) is 14.6. The number of rotatable bonds is 4. The molecule has 0 aromatic rings. The number of nitrogens with zero attached hydrogens (tertiary/aromatic N) is 1. The highest BCUT2D eigenvalue weighted by atomic mass is 16.2. The quantitative estimate of drug-likeness (QED) is 0.796. The summed E-state index contributed by atoms with van der Waals surface area (Å²) in [6.45, 7) is 3.01. The minimum Gasteiger partial charge on any atom is -0.354 e. The largest absolute Gasteiger partial charge is 0.354 e. The van der Waals surface area contributed by atoms with E-state index in [1.165, 1.54) is 32.1 Å². The molecular formula is C15H27N3O. The first-order valence-corrected chi connectivity index (χ1v) is 7.74. The molecule has 4 heteroatoms. The monoisotopic (exact) mass is 265 g/mol. The standard InChI is InChI=1S/C15H27N3O/c1-18(2)15(4-3-5-15)11-17-13(19)12-10-14(12)6-8-16-9-7-14/h12,16H,3-11H2,1-2H3,(H,17,19). The third-order valence-corrected chi connectivity index (χ3v) is 5.93. The predicted octanol–water partition coefficient (Wildman–Crippen LogP) is 0.977. The zero-order chi connectivity index (χ0) is 13.5. The lowest BCUT2D eigenvalue weighted by Gasteiger charge is -2.47. The number of hydrogen-bond acceptors (Lipinski definition) is 3. The van der Waals surface area contributed by atoms with E-state index in [2.05, 4.69) is 29.6 Å². The Balaban J connectivity index is 1.50. The van der Waals surface area contributed by atoms with Crippen LogP contribution in [0.3, 0.4) is 0 Å². The number of carbonyl (C=O) groups excluding carboxylic acids is 1. The van der Waals surface area contributed by atoms with Crippen LogP contribution in [0.15, 0.2) is 0 Å². The van der Waals surface area contributed by atoms with Crippen molar-refractivity contribution in [3.63, 3.8) is 0 Å². The zero-order valence-corrected chi connectivity index (χ0v) is 12.3. The van der Waals surface area contributed by atoms with Gasteiger partial charge in [0.25, 0.3) is 0 Å². The van der Waals surface area contributed by atoms with Gasteiger partial charge in [0.1, 0.15) is 0 Å². The molecule has 1 amide bonds. The van der Waals surface area contributed by atoms with Crippen LogP contribution in [0.25, 0.3) is 0 Å². The summed E-state index contributed by atoms with van der Waals surface area (Å²) in [7, 11) is 4.27. The molecule has 108 valence electrons. The van der Waals surface area contributed by atoms with Gasteiger partial charge in [-0.05, 0) is 71.1 Å². The van der Waals surface area contributed by atoms with Crippen molar-refractivity contribution in [1.82, 2.24) is 15.5 Å². The Morgan fingerprint density at radius 3 is 2.47 bits per heavy atom. The van der Waals surface area contributed by atoms with Gasteiger partial charge in [-0.15, -0.1) is 0 Å². The summed E-state index contributed by atoms with van der Waals surface area (Å²) in [5.41, 5.74) is 0.603. The maximum absolute atomic E-state index is 12.3. The van der Waals surface area contributed by atoms with Crippen molar-refractivity contribution in [1.29, 1.82) is 0 Å². The SMILES string of the molecule is CN(C)C1(CNC(=O)C2CC23CCNCC3)CCC1. The minimum absolute atomic E-state index is 0.242. The third-order valence-electron chi connectivity index (χ3n) is 5.93. The summed E-state index contributed by atoms with van der Waals surface area (Å²) in [6, 6.07) is 0. The van der Waals surface area contributed by atoms with Gasteiger partial charge in [0.05, 0.1) is 0 Å². The molecule has 3 rings (SSSR count). The fourth-order valence-corrected chi connectivity index (χ4v) is 3.94. The molecule has 0 aromatic carbocycles. The number of amides is 1. The Morgan fingerprint density at radius 2 is 1.95 bits per heavy atom. The van der Waals surface area contributed by atoms with E-state index >= 15 is 0 Å². The van der Waals surface area contributed by atoms with Crippen molar-refractivity contribution in [2.75, 3.05) is 33.7 Å². The van der Waals surface area contributed by atoms with Gasteiger partial charge < -0.3 is 15.5 Å². The molecule has 1 atom stereocenters. The van der Waals surface area contributed by atoms with E-state index in [0.29, 0.717) is 17.2 Å². The summed E-state index contributed by atoms with van der Waals surface area (Å²) >= 11 is 0. The highest BCUT2D eigenvalue weighted by Gasteiger charge is 2.57. The van der Waals surface area contributed by atoms with Gasteiger partial charge in [0, 0.05) is 18.0 Å². The third kappa shape index (κ3) is 2.29. The van der Waals surface area contributed by atoms with Gasteiger partial charge in [-0.1, -0.05) is 0 Å². The van der Waals surface area contributed by atoms with Gasteiger partial charge >= 0.3 is 0 Å². The maximum atomic E-state index is 12.3. The number of piperidine rings is 1. The predicted molar refractivity (Wildman–Crippen MR) is 75.9 cm³/mol. The van der Waals surface area contributed by atoms with Crippen LogP contribution in [0.4, 0.5) is 0 Å². The van der Waals surface area contributed by atoms with Gasteiger partial charge in [-0.2, -0.15) is 0 Å². The molecule has 1 unspecified atom stereocenters. The lowest BCUT2D eigenvalue weighted by Crippen LogP contribution is -2.57. The second-order valence-electron chi connectivity index (χ2n) is 7.06. The Kier molecular flexibility index (Phi) is 3.34. The molecule has 1 saturated heterocycles. The molecule has 3 aliphatic rings. The molecule has 0 bridgehead atoms. The molecule has 3 fully saturated rings. The van der Waals surface area contributed by atoms with Gasteiger partial charge in [0.15, 0.2) is 0 Å². The van der Waals surface area contributed by atoms with Gasteiger partial charge in [-0.25, -0.2) is 0 Å². The van der Waals surface area contributed by atoms with Crippen LogP contribution in [0.5, 0.6) is 0 Å². The number of likely N-dealkylation sites (N-methyl/N-ethyl adjacent to an activating group) is 1. The maximum Gasteiger partial charge on any atom is 0.223 e. The first-order chi connectivity index (χ1) is 9.08. The van der Waals surface area contributed by atoms with E-state index in [1.54, 1.807) is 0 Å². The molecule has 4 nitrogen and oxygen atoms in total. The Labute approximate surface area is 116 Å². The van der Waals surface area contributed by atoms with Crippen molar-refractivity contribution in [2.45, 2.75) is 44.1 Å². The molecule has 1 spiro atoms. The highest BCUT2D eigenvalue weighted by Crippen LogP contribution is 2.58. The van der Waals surface area contributed by atoms with E-state index in [1.807, 2.05) is 0 Å². The Bertz CT molecular complexity index is 356. The zero-order valence-electron chi connectivity index (χ0n) is 12.3. The molecule has 1 heterocycles. The van der Waals surface area contributed by atoms with Crippen LogP contribution < -0.4 is 10.6 Å². The molecular weight excluding hydrogens is 238 g/mol. The van der Waals surface area contributed by atoms with Crippen LogP contribution in [0.1, 0.15) is 38.5 Å². The lowest BCUT2D eigenvalue weighted by molar-refractivity contribution is -0.124. The normalized spacial score (nSPS) is 31.0. The fourth-order valence-electron chi connectivity index (χ4n) is 3.94. The molecule has 0 radical (unpaired) electrons. The summed E-state index contributed by atoms with van der Waals surface area (Å²) in [6.07, 6.45) is 7.23. The molecule has 2 N–H and O–H groups in total. The first-order valence-electron chi connectivity index (χ1n) is 7.74. The van der Waals surface area contributed by atoms with Crippen LogP contribution >= 0.6 is 0 Å².